The lowest BCUT2D eigenvalue weighted by atomic mass is 9.85. The lowest BCUT2D eigenvalue weighted by Gasteiger charge is -2.19. The van der Waals surface area contributed by atoms with Gasteiger partial charge in [0, 0.05) is 22.8 Å². The normalized spacial score (nSPS) is 18.0. The first-order valence-electron chi connectivity index (χ1n) is 16.8. The van der Waals surface area contributed by atoms with Gasteiger partial charge in [0.1, 0.15) is 22.7 Å². The van der Waals surface area contributed by atoms with Crippen LogP contribution >= 0.6 is 0 Å². The Hall–Kier alpha value is -5.86. The number of rotatable bonds is 3. The van der Waals surface area contributed by atoms with E-state index in [0.717, 1.165) is 58.1 Å². The largest absolute Gasteiger partial charge is 0.461 e. The van der Waals surface area contributed by atoms with E-state index in [1.165, 1.54) is 54.8 Å². The molecule has 48 heavy (non-hydrogen) atoms. The summed E-state index contributed by atoms with van der Waals surface area (Å²) in [6.07, 6.45) is 22.4. The summed E-state index contributed by atoms with van der Waals surface area (Å²) < 4.78 is 12.6. The van der Waals surface area contributed by atoms with Crippen LogP contribution in [0.25, 0.3) is 65.4 Å². The van der Waals surface area contributed by atoms with Crippen LogP contribution in [0.15, 0.2) is 162 Å². The van der Waals surface area contributed by atoms with Gasteiger partial charge in [-0.05, 0) is 111 Å². The quantitative estimate of drug-likeness (QED) is 0.184. The van der Waals surface area contributed by atoms with Crippen molar-refractivity contribution < 1.29 is 9.15 Å². The van der Waals surface area contributed by atoms with Crippen molar-refractivity contribution in [2.75, 3.05) is 0 Å². The highest BCUT2D eigenvalue weighted by atomic mass is 16.5. The maximum absolute atomic E-state index is 6.45. The molecule has 0 bridgehead atoms. The number of fused-ring (bicyclic) bond motifs is 7. The molecule has 2 nitrogen and oxygen atoms in total. The number of hydrogen-bond donors (Lipinski definition) is 0. The zero-order valence-corrected chi connectivity index (χ0v) is 26.9. The van der Waals surface area contributed by atoms with E-state index in [0.29, 0.717) is 0 Å². The molecule has 0 atom stereocenters. The topological polar surface area (TPSA) is 22.4 Å². The summed E-state index contributed by atoms with van der Waals surface area (Å²) in [5, 5.41) is 9.72. The molecule has 2 heterocycles. The average molecular weight is 619 g/mol. The number of allylic oxidation sites excluding steroid dienone is 12. The predicted octanol–water partition coefficient (Wildman–Crippen LogP) is 12.8. The van der Waals surface area contributed by atoms with Crippen molar-refractivity contribution in [2.45, 2.75) is 26.2 Å². The van der Waals surface area contributed by atoms with Gasteiger partial charge in [-0.1, -0.05) is 115 Å². The first kappa shape index (κ1) is 28.4. The molecule has 230 valence electrons. The van der Waals surface area contributed by atoms with Gasteiger partial charge < -0.3 is 9.15 Å². The Morgan fingerprint density at radius 2 is 1.33 bits per heavy atom. The maximum atomic E-state index is 6.45. The van der Waals surface area contributed by atoms with Crippen molar-refractivity contribution in [2.24, 2.45) is 0 Å². The first-order valence-corrected chi connectivity index (χ1v) is 16.8. The smallest absolute Gasteiger partial charge is 0.136 e. The van der Waals surface area contributed by atoms with Gasteiger partial charge in [0.2, 0.25) is 0 Å². The Kier molecular flexibility index (Phi) is 6.94. The van der Waals surface area contributed by atoms with E-state index in [1.54, 1.807) is 0 Å². The highest BCUT2D eigenvalue weighted by Gasteiger charge is 2.20. The molecule has 6 aromatic carbocycles. The molecule has 1 aliphatic heterocycles. The van der Waals surface area contributed by atoms with Gasteiger partial charge in [-0.25, -0.2) is 0 Å². The van der Waals surface area contributed by atoms with Crippen molar-refractivity contribution in [1.29, 1.82) is 0 Å². The van der Waals surface area contributed by atoms with Crippen LogP contribution in [0.3, 0.4) is 0 Å². The second-order valence-corrected chi connectivity index (χ2v) is 12.8. The molecule has 0 N–H and O–H groups in total. The van der Waals surface area contributed by atoms with Crippen LogP contribution < -0.4 is 4.74 Å². The Bertz CT molecular complexity index is 2560. The molecule has 2 aliphatic rings. The maximum Gasteiger partial charge on any atom is 0.136 e. The number of ether oxygens (including phenoxy) is 1. The Morgan fingerprint density at radius 3 is 2.15 bits per heavy atom. The van der Waals surface area contributed by atoms with Gasteiger partial charge in [0.05, 0.1) is 0 Å². The summed E-state index contributed by atoms with van der Waals surface area (Å²) >= 11 is 0. The predicted molar refractivity (Wildman–Crippen MR) is 203 cm³/mol. The molecule has 0 saturated carbocycles. The van der Waals surface area contributed by atoms with Gasteiger partial charge in [0.25, 0.3) is 0 Å². The lowest BCUT2D eigenvalue weighted by molar-refractivity contribution is 0.447. The third-order valence-electron chi connectivity index (χ3n) is 9.71. The van der Waals surface area contributed by atoms with Crippen molar-refractivity contribution in [3.8, 4) is 5.75 Å². The Balaban J connectivity index is 1.11. The molecule has 0 amide bonds. The van der Waals surface area contributed by atoms with E-state index >= 15 is 0 Å². The van der Waals surface area contributed by atoms with Gasteiger partial charge in [0.15, 0.2) is 0 Å². The van der Waals surface area contributed by atoms with Gasteiger partial charge in [-0.3, -0.25) is 0 Å². The highest BCUT2D eigenvalue weighted by Crippen LogP contribution is 2.42. The molecule has 0 fully saturated rings. The fourth-order valence-corrected chi connectivity index (χ4v) is 7.46. The molecule has 1 aliphatic carbocycles. The SMILES string of the molecule is C/C(=C\C=C1/Cc2cc3cc4c(cc3cc2O1)oc1ccccc14)c1c2ccccc2c(C2=C/C=C\C/C=C\C=C/C2)c2ccccc12. The standard InChI is InChI=1S/C46H34O2/c1-30(23-24-35-26-34-25-32-27-41-36-17-13-14-22-42(36)48-44(41)29-33(32)28-43(34)47-35)45-37-18-9-11-20-39(37)46(40-21-12-10-19-38(40)45)31-15-7-5-3-2-4-6-8-16-31/h2-3,5-14,16-25,27-29H,4,15,26H2,1H3/b3-2-,7-5-,8-6-,30-23+,31-16?,35-24+. The van der Waals surface area contributed by atoms with Crippen molar-refractivity contribution in [3.63, 3.8) is 0 Å². The van der Waals surface area contributed by atoms with Crippen LogP contribution in [0.1, 0.15) is 36.5 Å². The molecule has 0 unspecified atom stereocenters. The van der Waals surface area contributed by atoms with Crippen LogP contribution in [0, 0.1) is 0 Å². The zero-order chi connectivity index (χ0) is 32.0. The van der Waals surface area contributed by atoms with Crippen LogP contribution in [-0.4, -0.2) is 0 Å². The first-order chi connectivity index (χ1) is 23.7. The molecule has 0 radical (unpaired) electrons. The van der Waals surface area contributed by atoms with Gasteiger partial charge in [-0.2, -0.15) is 0 Å². The van der Waals surface area contributed by atoms with E-state index in [1.807, 2.05) is 12.1 Å². The second kappa shape index (κ2) is 11.7. The number of hydrogen-bond acceptors (Lipinski definition) is 2. The molecular weight excluding hydrogens is 585 g/mol. The molecule has 2 heteroatoms. The number of para-hydroxylation sites is 1. The summed E-state index contributed by atoms with van der Waals surface area (Å²) in [6, 6.07) is 34.8. The summed E-state index contributed by atoms with van der Waals surface area (Å²) in [4.78, 5) is 0. The molecule has 0 spiro atoms. The number of furan rings is 1. The number of benzene rings is 6. The third-order valence-corrected chi connectivity index (χ3v) is 9.71. The molecule has 0 saturated heterocycles. The summed E-state index contributed by atoms with van der Waals surface area (Å²) in [5.74, 6) is 1.88. The van der Waals surface area contributed by atoms with Crippen LogP contribution in [0.5, 0.6) is 5.75 Å². The van der Waals surface area contributed by atoms with E-state index in [4.69, 9.17) is 9.15 Å². The summed E-state index contributed by atoms with van der Waals surface area (Å²) in [5.41, 5.74) is 8.16. The minimum atomic E-state index is 0.768. The monoisotopic (exact) mass is 618 g/mol. The van der Waals surface area contributed by atoms with Crippen molar-refractivity contribution in [1.82, 2.24) is 0 Å². The minimum absolute atomic E-state index is 0.768. The molecule has 1 aromatic heterocycles. The lowest BCUT2D eigenvalue weighted by Crippen LogP contribution is -1.95. The minimum Gasteiger partial charge on any atom is -0.461 e. The van der Waals surface area contributed by atoms with E-state index < -0.39 is 0 Å². The summed E-state index contributed by atoms with van der Waals surface area (Å²) in [6.45, 7) is 2.22. The fraction of sp³-hybridized carbons (Fsp3) is 0.0870. The van der Waals surface area contributed by atoms with Crippen LogP contribution in [-0.2, 0) is 6.42 Å². The Morgan fingerprint density at radius 1 is 0.646 bits per heavy atom. The van der Waals surface area contributed by atoms with Gasteiger partial charge in [-0.15, -0.1) is 0 Å². The van der Waals surface area contributed by atoms with E-state index in [-0.39, 0.29) is 0 Å². The third kappa shape index (κ3) is 4.89. The fourth-order valence-electron chi connectivity index (χ4n) is 7.46. The van der Waals surface area contributed by atoms with Crippen LogP contribution in [0.2, 0.25) is 0 Å². The molecule has 9 rings (SSSR count). The molecular formula is C46H34O2. The highest BCUT2D eigenvalue weighted by molar-refractivity contribution is 6.16. The van der Waals surface area contributed by atoms with E-state index in [9.17, 15) is 0 Å². The van der Waals surface area contributed by atoms with Crippen molar-refractivity contribution in [3.05, 3.63) is 174 Å². The average Bonchev–Trinajstić information content (AvgIpc) is 3.69. The molecule has 7 aromatic rings. The van der Waals surface area contributed by atoms with Crippen LogP contribution in [0.4, 0.5) is 0 Å². The van der Waals surface area contributed by atoms with E-state index in [2.05, 4.69) is 147 Å². The second-order valence-electron chi connectivity index (χ2n) is 12.8. The van der Waals surface area contributed by atoms with Gasteiger partial charge >= 0.3 is 0 Å². The van der Waals surface area contributed by atoms with Crippen molar-refractivity contribution >= 4 is 65.4 Å². The summed E-state index contributed by atoms with van der Waals surface area (Å²) in [7, 11) is 0. The Labute approximate surface area is 279 Å². The zero-order valence-electron chi connectivity index (χ0n) is 26.9.